The normalized spacial score (nSPS) is 12.6. The summed E-state index contributed by atoms with van der Waals surface area (Å²) in [7, 11) is 2.09. The summed E-state index contributed by atoms with van der Waals surface area (Å²) in [5.41, 5.74) is 2.61. The van der Waals surface area contributed by atoms with Gasteiger partial charge < -0.3 is 9.88 Å². The third-order valence-corrected chi connectivity index (χ3v) is 2.82. The summed E-state index contributed by atoms with van der Waals surface area (Å²) in [5.74, 6) is 0. The SMILES string of the molecule is CCNC(c1ccccc1)c1cccn1C. The molecule has 1 aromatic heterocycles. The maximum Gasteiger partial charge on any atom is 0.0730 e. The fraction of sp³-hybridized carbons (Fsp3) is 0.286. The molecule has 0 spiro atoms. The molecule has 0 fully saturated rings. The van der Waals surface area contributed by atoms with Crippen LogP contribution in [0.1, 0.15) is 24.2 Å². The lowest BCUT2D eigenvalue weighted by molar-refractivity contribution is 0.593. The molecule has 2 heteroatoms. The monoisotopic (exact) mass is 214 g/mol. The molecule has 0 bridgehead atoms. The Morgan fingerprint density at radius 3 is 2.44 bits per heavy atom. The van der Waals surface area contributed by atoms with Crippen molar-refractivity contribution in [2.45, 2.75) is 13.0 Å². The molecule has 0 aliphatic rings. The van der Waals surface area contributed by atoms with Gasteiger partial charge in [-0.1, -0.05) is 37.3 Å². The van der Waals surface area contributed by atoms with Crippen molar-refractivity contribution in [3.63, 3.8) is 0 Å². The smallest absolute Gasteiger partial charge is 0.0730 e. The molecule has 0 saturated carbocycles. The highest BCUT2D eigenvalue weighted by molar-refractivity contribution is 5.28. The average molecular weight is 214 g/mol. The van der Waals surface area contributed by atoms with Crippen LogP contribution in [0.5, 0.6) is 0 Å². The maximum atomic E-state index is 3.52. The molecule has 0 aliphatic carbocycles. The second kappa shape index (κ2) is 4.99. The largest absolute Gasteiger partial charge is 0.353 e. The van der Waals surface area contributed by atoms with E-state index < -0.39 is 0 Å². The lowest BCUT2D eigenvalue weighted by Gasteiger charge is -2.19. The van der Waals surface area contributed by atoms with E-state index >= 15 is 0 Å². The summed E-state index contributed by atoms with van der Waals surface area (Å²) < 4.78 is 2.17. The van der Waals surface area contributed by atoms with E-state index in [1.165, 1.54) is 11.3 Å². The minimum atomic E-state index is 0.284. The van der Waals surface area contributed by atoms with E-state index in [0.29, 0.717) is 0 Å². The molecule has 0 amide bonds. The number of nitrogens with one attached hydrogen (secondary N) is 1. The standard InChI is InChI=1S/C14H18N2/c1-3-15-14(12-8-5-4-6-9-12)13-10-7-11-16(13)2/h4-11,14-15H,3H2,1-2H3. The maximum absolute atomic E-state index is 3.52. The average Bonchev–Trinajstić information content (AvgIpc) is 2.73. The Morgan fingerprint density at radius 2 is 1.88 bits per heavy atom. The van der Waals surface area contributed by atoms with E-state index in [4.69, 9.17) is 0 Å². The molecule has 1 N–H and O–H groups in total. The Morgan fingerprint density at radius 1 is 1.12 bits per heavy atom. The van der Waals surface area contributed by atoms with Gasteiger partial charge >= 0.3 is 0 Å². The van der Waals surface area contributed by atoms with E-state index in [2.05, 4.69) is 72.5 Å². The van der Waals surface area contributed by atoms with Crippen LogP contribution in [0.25, 0.3) is 0 Å². The minimum absolute atomic E-state index is 0.284. The lowest BCUT2D eigenvalue weighted by Crippen LogP contribution is -2.23. The highest BCUT2D eigenvalue weighted by atomic mass is 15.0. The van der Waals surface area contributed by atoms with Crippen molar-refractivity contribution in [3.05, 3.63) is 59.9 Å². The third-order valence-electron chi connectivity index (χ3n) is 2.82. The van der Waals surface area contributed by atoms with Crippen molar-refractivity contribution in [1.82, 2.24) is 9.88 Å². The summed E-state index contributed by atoms with van der Waals surface area (Å²) in [5, 5.41) is 3.52. The summed E-state index contributed by atoms with van der Waals surface area (Å²) >= 11 is 0. The first-order valence-corrected chi connectivity index (χ1v) is 5.72. The summed E-state index contributed by atoms with van der Waals surface area (Å²) in [4.78, 5) is 0. The molecular formula is C14H18N2. The van der Waals surface area contributed by atoms with Crippen molar-refractivity contribution in [3.8, 4) is 0 Å². The van der Waals surface area contributed by atoms with Crippen molar-refractivity contribution >= 4 is 0 Å². The Bertz CT molecular complexity index is 431. The fourth-order valence-corrected chi connectivity index (χ4v) is 2.02. The number of nitrogens with zero attached hydrogens (tertiary/aromatic N) is 1. The molecule has 2 aromatic rings. The number of benzene rings is 1. The van der Waals surface area contributed by atoms with Gasteiger partial charge in [-0.05, 0) is 24.2 Å². The first-order valence-electron chi connectivity index (χ1n) is 5.72. The van der Waals surface area contributed by atoms with Crippen molar-refractivity contribution in [2.75, 3.05) is 6.54 Å². The summed E-state index contributed by atoms with van der Waals surface area (Å²) in [6, 6.07) is 15.1. The van der Waals surface area contributed by atoms with Crippen molar-refractivity contribution < 1.29 is 0 Å². The van der Waals surface area contributed by atoms with Gasteiger partial charge in [0, 0.05) is 18.9 Å². The van der Waals surface area contributed by atoms with E-state index in [1.807, 2.05) is 0 Å². The van der Waals surface area contributed by atoms with E-state index in [9.17, 15) is 0 Å². The van der Waals surface area contributed by atoms with Crippen LogP contribution in [0.4, 0.5) is 0 Å². The molecule has 1 heterocycles. The van der Waals surface area contributed by atoms with Gasteiger partial charge in [0.15, 0.2) is 0 Å². The lowest BCUT2D eigenvalue weighted by atomic mass is 10.0. The second-order valence-corrected chi connectivity index (χ2v) is 3.95. The number of hydrogen-bond acceptors (Lipinski definition) is 1. The van der Waals surface area contributed by atoms with Crippen LogP contribution >= 0.6 is 0 Å². The molecule has 2 rings (SSSR count). The molecule has 0 aliphatic heterocycles. The molecule has 16 heavy (non-hydrogen) atoms. The molecule has 84 valence electrons. The van der Waals surface area contributed by atoms with Crippen LogP contribution in [-0.2, 0) is 7.05 Å². The molecule has 1 unspecified atom stereocenters. The van der Waals surface area contributed by atoms with Gasteiger partial charge in [0.05, 0.1) is 6.04 Å². The number of aryl methyl sites for hydroxylation is 1. The third kappa shape index (κ3) is 2.17. The Hall–Kier alpha value is -1.54. The van der Waals surface area contributed by atoms with Gasteiger partial charge in [0.1, 0.15) is 0 Å². The van der Waals surface area contributed by atoms with Crippen molar-refractivity contribution in [1.29, 1.82) is 0 Å². The highest BCUT2D eigenvalue weighted by Crippen LogP contribution is 2.21. The first-order chi connectivity index (χ1) is 7.83. The Kier molecular flexibility index (Phi) is 3.42. The molecular weight excluding hydrogens is 196 g/mol. The predicted octanol–water partition coefficient (Wildman–Crippen LogP) is 2.72. The summed E-state index contributed by atoms with van der Waals surface area (Å²) in [6.45, 7) is 3.10. The van der Waals surface area contributed by atoms with Gasteiger partial charge in [-0.25, -0.2) is 0 Å². The van der Waals surface area contributed by atoms with Crippen LogP contribution in [0.15, 0.2) is 48.7 Å². The quantitative estimate of drug-likeness (QED) is 0.828. The molecule has 0 radical (unpaired) electrons. The van der Waals surface area contributed by atoms with E-state index in [0.717, 1.165) is 6.54 Å². The molecule has 0 saturated heterocycles. The van der Waals surface area contributed by atoms with Crippen LogP contribution < -0.4 is 5.32 Å². The Balaban J connectivity index is 2.35. The van der Waals surface area contributed by atoms with Crippen LogP contribution in [0.3, 0.4) is 0 Å². The van der Waals surface area contributed by atoms with Crippen LogP contribution in [0, 0.1) is 0 Å². The number of rotatable bonds is 4. The van der Waals surface area contributed by atoms with Gasteiger partial charge in [-0.2, -0.15) is 0 Å². The van der Waals surface area contributed by atoms with Gasteiger partial charge in [0.2, 0.25) is 0 Å². The zero-order valence-corrected chi connectivity index (χ0v) is 9.85. The van der Waals surface area contributed by atoms with Crippen LogP contribution in [0.2, 0.25) is 0 Å². The topological polar surface area (TPSA) is 17.0 Å². The Labute approximate surface area is 96.9 Å². The minimum Gasteiger partial charge on any atom is -0.353 e. The predicted molar refractivity (Wildman–Crippen MR) is 67.4 cm³/mol. The van der Waals surface area contributed by atoms with Crippen molar-refractivity contribution in [2.24, 2.45) is 7.05 Å². The first kappa shape index (κ1) is 11.0. The fourth-order valence-electron chi connectivity index (χ4n) is 2.02. The molecule has 2 nitrogen and oxygen atoms in total. The number of aromatic nitrogens is 1. The zero-order valence-electron chi connectivity index (χ0n) is 9.85. The molecule has 1 aromatic carbocycles. The van der Waals surface area contributed by atoms with Gasteiger partial charge in [0.25, 0.3) is 0 Å². The second-order valence-electron chi connectivity index (χ2n) is 3.95. The van der Waals surface area contributed by atoms with Crippen LogP contribution in [-0.4, -0.2) is 11.1 Å². The summed E-state index contributed by atoms with van der Waals surface area (Å²) in [6.07, 6.45) is 2.09. The molecule has 1 atom stereocenters. The van der Waals surface area contributed by atoms with E-state index in [-0.39, 0.29) is 6.04 Å². The van der Waals surface area contributed by atoms with Gasteiger partial charge in [-0.3, -0.25) is 0 Å². The highest BCUT2D eigenvalue weighted by Gasteiger charge is 2.14. The zero-order chi connectivity index (χ0) is 11.4. The van der Waals surface area contributed by atoms with Gasteiger partial charge in [-0.15, -0.1) is 0 Å². The van der Waals surface area contributed by atoms with E-state index in [1.54, 1.807) is 0 Å². The number of hydrogen-bond donors (Lipinski definition) is 1.